The van der Waals surface area contributed by atoms with Crippen LogP contribution in [0.1, 0.15) is 25.1 Å². The third-order valence-corrected chi connectivity index (χ3v) is 4.99. The Labute approximate surface area is 191 Å². The van der Waals surface area contributed by atoms with E-state index in [1.807, 2.05) is 0 Å². The zero-order valence-electron chi connectivity index (χ0n) is 17.9. The number of nitrogens with zero attached hydrogens (tertiary/aromatic N) is 5. The number of hydrogen-bond acceptors (Lipinski definition) is 7. The van der Waals surface area contributed by atoms with E-state index < -0.39 is 17.2 Å². The molecule has 0 radical (unpaired) electrons. The molecule has 1 saturated carbocycles. The van der Waals surface area contributed by atoms with Gasteiger partial charge >= 0.3 is 0 Å². The van der Waals surface area contributed by atoms with Gasteiger partial charge in [0.25, 0.3) is 5.56 Å². The Morgan fingerprint density at radius 1 is 1.00 bits per heavy atom. The van der Waals surface area contributed by atoms with Crippen molar-refractivity contribution in [2.24, 2.45) is 0 Å². The van der Waals surface area contributed by atoms with Gasteiger partial charge in [0.1, 0.15) is 28.9 Å². The molecule has 172 valence electrons. The highest BCUT2D eigenvalue weighted by molar-refractivity contribution is 5.82. The van der Waals surface area contributed by atoms with Crippen molar-refractivity contribution < 1.29 is 8.78 Å². The van der Waals surface area contributed by atoms with Crippen molar-refractivity contribution in [1.82, 2.24) is 29.6 Å². The Kier molecular flexibility index (Phi) is 5.81. The van der Waals surface area contributed by atoms with Crippen LogP contribution in [0.4, 0.5) is 20.3 Å². The molecule has 0 aliphatic heterocycles. The quantitative estimate of drug-likeness (QED) is 0.362. The largest absolute Gasteiger partial charge is 0.361 e. The average molecular weight is 462 g/mol. The molecule has 6 rings (SSSR count). The van der Waals surface area contributed by atoms with E-state index in [-0.39, 0.29) is 23.3 Å². The van der Waals surface area contributed by atoms with Crippen molar-refractivity contribution in [1.29, 1.82) is 0 Å². The minimum Gasteiger partial charge on any atom is -0.361 e. The lowest BCUT2D eigenvalue weighted by Gasteiger charge is -2.16. The van der Waals surface area contributed by atoms with E-state index >= 15 is 0 Å². The van der Waals surface area contributed by atoms with E-state index in [1.165, 1.54) is 68.3 Å². The monoisotopic (exact) mass is 462 g/mol. The van der Waals surface area contributed by atoms with E-state index in [0.29, 0.717) is 22.7 Å². The summed E-state index contributed by atoms with van der Waals surface area (Å²) in [5.74, 6) is -0.378. The number of aromatic nitrogens is 6. The van der Waals surface area contributed by atoms with Gasteiger partial charge in [-0.25, -0.2) is 33.4 Å². The summed E-state index contributed by atoms with van der Waals surface area (Å²) in [5.41, 5.74) is 3.96. The Morgan fingerprint density at radius 3 is 2.56 bits per heavy atom. The summed E-state index contributed by atoms with van der Waals surface area (Å²) in [7, 11) is 0. The maximum Gasteiger partial charge on any atom is 0.283 e. The lowest BCUT2D eigenvalue weighted by molar-refractivity contribution is 0.627. The molecule has 0 atom stereocenters. The van der Waals surface area contributed by atoms with Gasteiger partial charge in [0.2, 0.25) is 0 Å². The minimum atomic E-state index is -0.681. The van der Waals surface area contributed by atoms with Gasteiger partial charge in [-0.3, -0.25) is 10.2 Å². The van der Waals surface area contributed by atoms with Crippen molar-refractivity contribution in [2.45, 2.75) is 25.8 Å². The number of aromatic amines is 1. The second kappa shape index (κ2) is 9.22. The topological polar surface area (TPSA) is 113 Å². The molecule has 1 aliphatic carbocycles. The standard InChI is InChI=1S/C20H14F2N8O.C3H6/c21-11-4-6-12(7-5-11)29-30-15(28-14-3-1-2-13(22)16(14)20(30)31)8-23-18-17-19(25-9-24-17)27-10-26-18;1-2-3-1/h1-7,9-10,29H,8H2,(H2,23,24,25,26,27);1-3H2. The van der Waals surface area contributed by atoms with E-state index in [0.717, 1.165) is 4.68 Å². The first kappa shape index (κ1) is 21.4. The summed E-state index contributed by atoms with van der Waals surface area (Å²) in [6.07, 6.45) is 7.35. The van der Waals surface area contributed by atoms with Gasteiger partial charge in [-0.2, -0.15) is 0 Å². The normalized spacial score (nSPS) is 12.3. The smallest absolute Gasteiger partial charge is 0.283 e. The number of halogens is 2. The Hall–Kier alpha value is -4.41. The molecule has 3 N–H and O–H groups in total. The second-order valence-corrected chi connectivity index (χ2v) is 7.66. The fourth-order valence-electron chi connectivity index (χ4n) is 3.18. The van der Waals surface area contributed by atoms with E-state index in [4.69, 9.17) is 0 Å². The predicted molar refractivity (Wildman–Crippen MR) is 124 cm³/mol. The van der Waals surface area contributed by atoms with Gasteiger partial charge in [0.05, 0.1) is 24.1 Å². The molecule has 0 saturated heterocycles. The van der Waals surface area contributed by atoms with Gasteiger partial charge in [0.15, 0.2) is 17.3 Å². The molecule has 0 amide bonds. The fourth-order valence-corrected chi connectivity index (χ4v) is 3.18. The zero-order chi connectivity index (χ0) is 23.5. The molecular formula is C23H20F2N8O. The number of anilines is 2. The van der Waals surface area contributed by atoms with Gasteiger partial charge in [0, 0.05) is 0 Å². The number of nitrogens with one attached hydrogen (secondary N) is 3. The maximum absolute atomic E-state index is 14.4. The molecule has 0 spiro atoms. The van der Waals surface area contributed by atoms with Crippen molar-refractivity contribution in [3.63, 3.8) is 0 Å². The maximum atomic E-state index is 14.4. The molecule has 34 heavy (non-hydrogen) atoms. The summed E-state index contributed by atoms with van der Waals surface area (Å²) < 4.78 is 28.8. The molecule has 9 nitrogen and oxygen atoms in total. The van der Waals surface area contributed by atoms with Crippen molar-refractivity contribution in [3.8, 4) is 0 Å². The summed E-state index contributed by atoms with van der Waals surface area (Å²) >= 11 is 0. The number of imidazole rings is 1. The van der Waals surface area contributed by atoms with Crippen LogP contribution in [0.5, 0.6) is 0 Å². The van der Waals surface area contributed by atoms with Gasteiger partial charge in [-0.15, -0.1) is 0 Å². The summed E-state index contributed by atoms with van der Waals surface area (Å²) in [6, 6.07) is 9.65. The SMILES string of the molecule is C1CC1.O=c1c2c(F)cccc2nc(CNc2ncnc3nc[nH]c23)n1Nc1ccc(F)cc1. The first-order valence-corrected chi connectivity index (χ1v) is 10.7. The molecule has 11 heteroatoms. The second-order valence-electron chi connectivity index (χ2n) is 7.66. The fraction of sp³-hybridized carbons (Fsp3) is 0.174. The molecule has 3 heterocycles. The molecule has 0 unspecified atom stereocenters. The third-order valence-electron chi connectivity index (χ3n) is 4.99. The number of benzene rings is 2. The highest BCUT2D eigenvalue weighted by Crippen LogP contribution is 2.18. The van der Waals surface area contributed by atoms with Crippen LogP contribution in [0.2, 0.25) is 0 Å². The molecule has 1 aliphatic rings. The van der Waals surface area contributed by atoms with E-state index in [2.05, 4.69) is 35.7 Å². The highest BCUT2D eigenvalue weighted by Gasteiger charge is 2.15. The number of hydrogen-bond donors (Lipinski definition) is 3. The summed E-state index contributed by atoms with van der Waals surface area (Å²) in [6.45, 7) is 0.0705. The number of rotatable bonds is 5. The van der Waals surface area contributed by atoms with Gasteiger partial charge < -0.3 is 10.3 Å². The highest BCUT2D eigenvalue weighted by atomic mass is 19.1. The average Bonchev–Trinajstić information content (AvgIpc) is 3.65. The van der Waals surface area contributed by atoms with Crippen LogP contribution in [-0.4, -0.2) is 29.6 Å². The van der Waals surface area contributed by atoms with Crippen LogP contribution in [0.15, 0.2) is 59.9 Å². The first-order valence-electron chi connectivity index (χ1n) is 10.7. The van der Waals surface area contributed by atoms with Crippen molar-refractivity contribution >= 4 is 33.6 Å². The molecule has 3 aromatic heterocycles. The lowest BCUT2D eigenvalue weighted by Crippen LogP contribution is -2.32. The van der Waals surface area contributed by atoms with Gasteiger partial charge in [-0.1, -0.05) is 25.3 Å². The molecular weight excluding hydrogens is 442 g/mol. The predicted octanol–water partition coefficient (Wildman–Crippen LogP) is 4.00. The van der Waals surface area contributed by atoms with Crippen molar-refractivity contribution in [2.75, 3.05) is 10.7 Å². The molecule has 2 aromatic carbocycles. The van der Waals surface area contributed by atoms with Crippen molar-refractivity contribution in [3.05, 3.63) is 82.9 Å². The lowest BCUT2D eigenvalue weighted by atomic mass is 10.2. The Bertz CT molecular complexity index is 1510. The molecule has 1 fully saturated rings. The van der Waals surface area contributed by atoms with Crippen LogP contribution in [0, 0.1) is 11.6 Å². The first-order chi connectivity index (χ1) is 16.6. The number of fused-ring (bicyclic) bond motifs is 2. The van der Waals surface area contributed by atoms with Crippen LogP contribution in [0.3, 0.4) is 0 Å². The Balaban J connectivity index is 0.000000745. The van der Waals surface area contributed by atoms with Gasteiger partial charge in [-0.05, 0) is 36.4 Å². The minimum absolute atomic E-state index is 0.0705. The summed E-state index contributed by atoms with van der Waals surface area (Å²) in [5, 5.41) is 2.94. The Morgan fingerprint density at radius 2 is 1.79 bits per heavy atom. The van der Waals surface area contributed by atoms with Crippen LogP contribution >= 0.6 is 0 Å². The number of H-pyrrole nitrogens is 1. The summed E-state index contributed by atoms with van der Waals surface area (Å²) in [4.78, 5) is 32.8. The van der Waals surface area contributed by atoms with E-state index in [9.17, 15) is 13.6 Å². The zero-order valence-corrected chi connectivity index (χ0v) is 17.9. The van der Waals surface area contributed by atoms with Crippen LogP contribution < -0.4 is 16.3 Å². The molecule has 0 bridgehead atoms. The van der Waals surface area contributed by atoms with Crippen LogP contribution in [0.25, 0.3) is 22.1 Å². The van der Waals surface area contributed by atoms with E-state index in [1.54, 1.807) is 6.07 Å². The third kappa shape index (κ3) is 4.53. The molecule has 5 aromatic rings. The van der Waals surface area contributed by atoms with Crippen LogP contribution in [-0.2, 0) is 6.54 Å².